The summed E-state index contributed by atoms with van der Waals surface area (Å²) in [5, 5.41) is 54.8. The quantitative estimate of drug-likeness (QED) is 0.0261. The van der Waals surface area contributed by atoms with E-state index >= 15 is 0 Å². The summed E-state index contributed by atoms with van der Waals surface area (Å²) in [5.74, 6) is -0.169. The summed E-state index contributed by atoms with van der Waals surface area (Å²) in [6.07, 6.45) is 76.9. The summed E-state index contributed by atoms with van der Waals surface area (Å²) in [6, 6.07) is -0.804. The zero-order chi connectivity index (χ0) is 59.3. The van der Waals surface area contributed by atoms with E-state index in [-0.39, 0.29) is 12.5 Å². The number of hydrogen-bond donors (Lipinski definition) is 6. The van der Waals surface area contributed by atoms with Crippen molar-refractivity contribution in [2.24, 2.45) is 0 Å². The Morgan fingerprint density at radius 3 is 1.05 bits per heavy atom. The van der Waals surface area contributed by atoms with Crippen molar-refractivity contribution in [3.05, 3.63) is 36.5 Å². The van der Waals surface area contributed by atoms with Gasteiger partial charge in [0.2, 0.25) is 5.91 Å². The predicted molar refractivity (Wildman–Crippen MR) is 350 cm³/mol. The first-order valence-corrected chi connectivity index (χ1v) is 36.2. The van der Waals surface area contributed by atoms with Crippen molar-refractivity contribution in [3.8, 4) is 0 Å². The number of nitrogens with one attached hydrogen (secondary N) is 1. The van der Waals surface area contributed by atoms with Crippen molar-refractivity contribution >= 4 is 5.91 Å². The van der Waals surface area contributed by atoms with Gasteiger partial charge in [-0.1, -0.05) is 346 Å². The Hall–Kier alpha value is -1.59. The van der Waals surface area contributed by atoms with Crippen LogP contribution in [0, 0.1) is 0 Å². The maximum Gasteiger partial charge on any atom is 0.220 e. The third kappa shape index (κ3) is 50.6. The van der Waals surface area contributed by atoms with Gasteiger partial charge in [-0.25, -0.2) is 0 Å². The summed E-state index contributed by atoms with van der Waals surface area (Å²) in [4.78, 5) is 13.1. The van der Waals surface area contributed by atoms with Crippen LogP contribution < -0.4 is 5.32 Å². The summed E-state index contributed by atoms with van der Waals surface area (Å²) < 4.78 is 11.3. The van der Waals surface area contributed by atoms with Gasteiger partial charge in [-0.15, -0.1) is 0 Å². The lowest BCUT2D eigenvalue weighted by molar-refractivity contribution is -0.302. The van der Waals surface area contributed by atoms with Crippen LogP contribution in [0.25, 0.3) is 0 Å². The Bertz CT molecular complexity index is 1390. The molecule has 484 valence electrons. The third-order valence-electron chi connectivity index (χ3n) is 17.5. The molecular formula is C73H139NO8. The molecule has 1 amide bonds. The molecule has 0 aromatic carbocycles. The van der Waals surface area contributed by atoms with E-state index in [0.29, 0.717) is 6.42 Å². The van der Waals surface area contributed by atoms with E-state index in [2.05, 4.69) is 43.5 Å². The van der Waals surface area contributed by atoms with Crippen molar-refractivity contribution < 1.29 is 39.8 Å². The van der Waals surface area contributed by atoms with Crippen molar-refractivity contribution in [2.75, 3.05) is 13.2 Å². The summed E-state index contributed by atoms with van der Waals surface area (Å²) in [7, 11) is 0. The molecule has 1 aliphatic heterocycles. The Morgan fingerprint density at radius 1 is 0.415 bits per heavy atom. The van der Waals surface area contributed by atoms with Gasteiger partial charge in [-0.2, -0.15) is 0 Å². The summed E-state index contributed by atoms with van der Waals surface area (Å²) in [6.45, 7) is 3.82. The molecule has 0 saturated carbocycles. The van der Waals surface area contributed by atoms with Crippen LogP contribution in [0.2, 0.25) is 0 Å². The van der Waals surface area contributed by atoms with Gasteiger partial charge in [-0.3, -0.25) is 4.79 Å². The van der Waals surface area contributed by atoms with Gasteiger partial charge in [0.05, 0.1) is 25.4 Å². The van der Waals surface area contributed by atoms with E-state index in [4.69, 9.17) is 9.47 Å². The molecule has 0 aliphatic carbocycles. The molecule has 0 aromatic heterocycles. The number of aliphatic hydroxyl groups excluding tert-OH is 5. The highest BCUT2D eigenvalue weighted by atomic mass is 16.7. The molecule has 7 atom stereocenters. The Kier molecular flexibility index (Phi) is 59.7. The van der Waals surface area contributed by atoms with Crippen molar-refractivity contribution in [3.63, 3.8) is 0 Å². The minimum atomic E-state index is -1.57. The van der Waals surface area contributed by atoms with E-state index in [0.717, 1.165) is 44.9 Å². The fraction of sp³-hybridized carbons (Fsp3) is 0.904. The zero-order valence-electron chi connectivity index (χ0n) is 54.3. The van der Waals surface area contributed by atoms with Crippen LogP contribution in [0.3, 0.4) is 0 Å². The van der Waals surface area contributed by atoms with Crippen LogP contribution >= 0.6 is 0 Å². The number of amides is 1. The van der Waals surface area contributed by atoms with Crippen molar-refractivity contribution in [1.29, 1.82) is 0 Å². The third-order valence-corrected chi connectivity index (χ3v) is 17.5. The number of ether oxygens (including phenoxy) is 2. The topological polar surface area (TPSA) is 149 Å². The predicted octanol–water partition coefficient (Wildman–Crippen LogP) is 19.8. The lowest BCUT2D eigenvalue weighted by Gasteiger charge is -2.40. The highest BCUT2D eigenvalue weighted by Crippen LogP contribution is 2.24. The molecule has 9 nitrogen and oxygen atoms in total. The first kappa shape index (κ1) is 78.4. The van der Waals surface area contributed by atoms with Gasteiger partial charge < -0.3 is 40.3 Å². The number of allylic oxidation sites excluding steroid dienone is 5. The molecule has 0 radical (unpaired) electrons. The van der Waals surface area contributed by atoms with Gasteiger partial charge in [0.15, 0.2) is 6.29 Å². The van der Waals surface area contributed by atoms with Crippen molar-refractivity contribution in [2.45, 2.75) is 410 Å². The SMILES string of the molecule is CCCCCCC/C=C\C/C=C\CCCCCCCCCCCCCCCCCCCCCCCCCCCC(=O)NC(COC1OC(CO)C(O)C(O)C1O)C(O)/C=C/CCCCCCCCCCCCCCCCCCCCCC. The summed E-state index contributed by atoms with van der Waals surface area (Å²) in [5.41, 5.74) is 0. The van der Waals surface area contributed by atoms with Gasteiger partial charge in [0.25, 0.3) is 0 Å². The zero-order valence-corrected chi connectivity index (χ0v) is 54.3. The number of unbranched alkanes of at least 4 members (excludes halogenated alkanes) is 50. The fourth-order valence-electron chi connectivity index (χ4n) is 11.8. The van der Waals surface area contributed by atoms with Gasteiger partial charge >= 0.3 is 0 Å². The normalized spacial score (nSPS) is 18.5. The largest absolute Gasteiger partial charge is 0.394 e. The molecule has 1 saturated heterocycles. The minimum absolute atomic E-state index is 0.169. The van der Waals surface area contributed by atoms with Crippen LogP contribution in [0.4, 0.5) is 0 Å². The van der Waals surface area contributed by atoms with E-state index < -0.39 is 49.5 Å². The highest BCUT2D eigenvalue weighted by molar-refractivity contribution is 5.76. The molecule has 1 heterocycles. The second-order valence-electron chi connectivity index (χ2n) is 25.4. The fourth-order valence-corrected chi connectivity index (χ4v) is 11.8. The van der Waals surface area contributed by atoms with Crippen LogP contribution in [0.1, 0.15) is 367 Å². The Labute approximate surface area is 508 Å². The van der Waals surface area contributed by atoms with E-state index in [9.17, 15) is 30.3 Å². The standard InChI is InChI=1S/C73H139NO8/c1-3-5-7-9-11-13-15-17-19-21-23-25-27-28-29-30-31-32-33-34-35-36-37-38-39-40-41-43-45-47-49-51-53-55-57-59-61-63-69(77)74-66(65-81-73-72(80)71(79)70(78)68(64-75)82-73)67(76)62-60-58-56-54-52-50-48-46-44-42-26-24-22-20-18-16-14-12-10-8-6-4-2/h15,17,21,23,60,62,66-68,70-73,75-76,78-80H,3-14,16,18-20,22,24-59,61,63-65H2,1-2H3,(H,74,77)/b17-15-,23-21-,62-60+. The molecule has 0 bridgehead atoms. The number of carbonyl (C=O) groups is 1. The second kappa shape index (κ2) is 62.5. The van der Waals surface area contributed by atoms with Crippen LogP contribution in [0.5, 0.6) is 0 Å². The molecule has 82 heavy (non-hydrogen) atoms. The number of aliphatic hydroxyl groups is 5. The second-order valence-corrected chi connectivity index (χ2v) is 25.4. The highest BCUT2D eigenvalue weighted by Gasteiger charge is 2.44. The molecule has 7 unspecified atom stereocenters. The molecule has 6 N–H and O–H groups in total. The van der Waals surface area contributed by atoms with E-state index in [1.54, 1.807) is 6.08 Å². The molecule has 1 fully saturated rings. The lowest BCUT2D eigenvalue weighted by atomic mass is 9.99. The van der Waals surface area contributed by atoms with E-state index in [1.807, 2.05) is 6.08 Å². The number of carbonyl (C=O) groups excluding carboxylic acids is 1. The maximum atomic E-state index is 13.1. The number of hydrogen-bond acceptors (Lipinski definition) is 8. The first-order chi connectivity index (χ1) is 40.3. The van der Waals surface area contributed by atoms with Crippen LogP contribution in [-0.4, -0.2) is 87.5 Å². The molecule has 0 spiro atoms. The van der Waals surface area contributed by atoms with E-state index in [1.165, 1.54) is 302 Å². The average molecular weight is 1160 g/mol. The van der Waals surface area contributed by atoms with Gasteiger partial charge in [-0.05, 0) is 51.4 Å². The van der Waals surface area contributed by atoms with Crippen molar-refractivity contribution in [1.82, 2.24) is 5.32 Å². The average Bonchev–Trinajstić information content (AvgIpc) is 3.59. The van der Waals surface area contributed by atoms with Crippen LogP contribution in [-0.2, 0) is 14.3 Å². The molecule has 9 heteroatoms. The Balaban J connectivity index is 2.07. The summed E-state index contributed by atoms with van der Waals surface area (Å²) >= 11 is 0. The van der Waals surface area contributed by atoms with Crippen LogP contribution in [0.15, 0.2) is 36.5 Å². The molecule has 0 aromatic rings. The lowest BCUT2D eigenvalue weighted by Crippen LogP contribution is -2.60. The minimum Gasteiger partial charge on any atom is -0.394 e. The smallest absolute Gasteiger partial charge is 0.220 e. The molecule has 1 rings (SSSR count). The molecule has 1 aliphatic rings. The van der Waals surface area contributed by atoms with Gasteiger partial charge in [0.1, 0.15) is 24.4 Å². The maximum absolute atomic E-state index is 13.1. The number of rotatable bonds is 64. The first-order valence-electron chi connectivity index (χ1n) is 36.2. The van der Waals surface area contributed by atoms with Gasteiger partial charge in [0, 0.05) is 6.42 Å². The molecular weight excluding hydrogens is 1020 g/mol. The monoisotopic (exact) mass is 1160 g/mol. The Morgan fingerprint density at radius 2 is 0.720 bits per heavy atom.